The van der Waals surface area contributed by atoms with Gasteiger partial charge in [0.25, 0.3) is 0 Å². The fourth-order valence-electron chi connectivity index (χ4n) is 2.37. The molecule has 1 unspecified atom stereocenters. The highest BCUT2D eigenvalue weighted by atomic mass is 19.1. The Hall–Kier alpha value is -1.09. The summed E-state index contributed by atoms with van der Waals surface area (Å²) in [5, 5.41) is 3.55. The largest absolute Gasteiger partial charge is 0.365 e. The number of likely N-dealkylation sites (N-methyl/N-ethyl adjacent to an activating group) is 1. The number of halogens is 1. The van der Waals surface area contributed by atoms with Crippen molar-refractivity contribution >= 4 is 5.69 Å². The zero-order valence-corrected chi connectivity index (χ0v) is 11.3. The minimum atomic E-state index is -0.121. The zero-order chi connectivity index (χ0) is 13.0. The second-order valence-corrected chi connectivity index (χ2v) is 4.98. The molecule has 0 amide bonds. The molecular weight excluding hydrogens is 227 g/mol. The van der Waals surface area contributed by atoms with Gasteiger partial charge in [0.05, 0.1) is 5.69 Å². The number of rotatable bonds is 7. The molecule has 1 N–H and O–H groups in total. The first-order valence-corrected chi connectivity index (χ1v) is 7.00. The second kappa shape index (κ2) is 6.19. The van der Waals surface area contributed by atoms with Crippen molar-refractivity contribution in [2.45, 2.75) is 45.2 Å². The number of benzene rings is 1. The maximum absolute atomic E-state index is 13.9. The van der Waals surface area contributed by atoms with Crippen molar-refractivity contribution in [1.82, 2.24) is 5.32 Å². The molecule has 1 aliphatic rings. The molecule has 2 rings (SSSR count). The van der Waals surface area contributed by atoms with Crippen LogP contribution >= 0.6 is 0 Å². The number of nitrogens with one attached hydrogen (secondary N) is 1. The van der Waals surface area contributed by atoms with Crippen LogP contribution in [0.5, 0.6) is 0 Å². The number of hydrogen-bond acceptors (Lipinski definition) is 2. The summed E-state index contributed by atoms with van der Waals surface area (Å²) in [6.45, 7) is 6.05. The third-order valence-corrected chi connectivity index (χ3v) is 3.63. The smallest absolute Gasteiger partial charge is 0.146 e. The van der Waals surface area contributed by atoms with Crippen molar-refractivity contribution in [2.75, 3.05) is 18.0 Å². The van der Waals surface area contributed by atoms with Gasteiger partial charge in [0.1, 0.15) is 5.82 Å². The normalized spacial score (nSPS) is 16.6. The molecule has 0 heterocycles. The van der Waals surface area contributed by atoms with Gasteiger partial charge in [0.15, 0.2) is 0 Å². The number of hydrogen-bond donors (Lipinski definition) is 1. The van der Waals surface area contributed by atoms with Crippen LogP contribution in [0.2, 0.25) is 0 Å². The molecule has 0 aromatic heterocycles. The monoisotopic (exact) mass is 250 g/mol. The Kier molecular flexibility index (Phi) is 4.59. The van der Waals surface area contributed by atoms with Crippen LogP contribution in [0.15, 0.2) is 24.3 Å². The van der Waals surface area contributed by atoms with E-state index in [2.05, 4.69) is 24.1 Å². The summed E-state index contributed by atoms with van der Waals surface area (Å²) < 4.78 is 13.9. The van der Waals surface area contributed by atoms with E-state index in [-0.39, 0.29) is 5.82 Å². The molecule has 0 saturated heterocycles. The van der Waals surface area contributed by atoms with E-state index in [1.807, 2.05) is 12.1 Å². The second-order valence-electron chi connectivity index (χ2n) is 4.98. The lowest BCUT2D eigenvalue weighted by Crippen LogP contribution is -2.43. The Morgan fingerprint density at radius 3 is 2.61 bits per heavy atom. The van der Waals surface area contributed by atoms with Crippen LogP contribution in [0.3, 0.4) is 0 Å². The molecule has 0 aliphatic heterocycles. The lowest BCUT2D eigenvalue weighted by atomic mass is 10.1. The summed E-state index contributed by atoms with van der Waals surface area (Å²) in [6, 6.07) is 8.14. The van der Waals surface area contributed by atoms with E-state index in [0.717, 1.165) is 25.2 Å². The van der Waals surface area contributed by atoms with Gasteiger partial charge in [-0.15, -0.1) is 0 Å². The van der Waals surface area contributed by atoms with Crippen molar-refractivity contribution in [2.24, 2.45) is 0 Å². The first-order chi connectivity index (χ1) is 8.76. The summed E-state index contributed by atoms with van der Waals surface area (Å²) in [4.78, 5) is 2.17. The molecule has 1 saturated carbocycles. The lowest BCUT2D eigenvalue weighted by molar-refractivity contribution is 0.512. The standard InChI is InChI=1S/C15H23FN2/c1-3-13(11-17-12-9-10-12)18(4-2)15-8-6-5-7-14(15)16/h5-8,12-13,17H,3-4,9-11H2,1-2H3. The van der Waals surface area contributed by atoms with Crippen LogP contribution in [-0.4, -0.2) is 25.2 Å². The zero-order valence-electron chi connectivity index (χ0n) is 11.3. The molecule has 0 spiro atoms. The van der Waals surface area contributed by atoms with Crippen molar-refractivity contribution < 1.29 is 4.39 Å². The quantitative estimate of drug-likeness (QED) is 0.799. The molecule has 18 heavy (non-hydrogen) atoms. The summed E-state index contributed by atoms with van der Waals surface area (Å²) in [5.41, 5.74) is 0.726. The van der Waals surface area contributed by atoms with Crippen molar-refractivity contribution in [3.8, 4) is 0 Å². The molecule has 100 valence electrons. The van der Waals surface area contributed by atoms with E-state index in [1.54, 1.807) is 12.1 Å². The van der Waals surface area contributed by atoms with Crippen LogP contribution in [0.1, 0.15) is 33.1 Å². The van der Waals surface area contributed by atoms with E-state index in [1.165, 1.54) is 12.8 Å². The third kappa shape index (κ3) is 3.22. The van der Waals surface area contributed by atoms with Crippen molar-refractivity contribution in [3.63, 3.8) is 0 Å². The molecule has 1 aliphatic carbocycles. The van der Waals surface area contributed by atoms with Gasteiger partial charge < -0.3 is 10.2 Å². The first kappa shape index (κ1) is 13.3. The van der Waals surface area contributed by atoms with Crippen LogP contribution in [0, 0.1) is 5.82 Å². The Morgan fingerprint density at radius 2 is 2.06 bits per heavy atom. The minimum absolute atomic E-state index is 0.121. The maximum Gasteiger partial charge on any atom is 0.146 e. The van der Waals surface area contributed by atoms with Crippen LogP contribution in [0.25, 0.3) is 0 Å². The summed E-state index contributed by atoms with van der Waals surface area (Å²) in [5.74, 6) is -0.121. The topological polar surface area (TPSA) is 15.3 Å². The fourth-order valence-corrected chi connectivity index (χ4v) is 2.37. The van der Waals surface area contributed by atoms with Gasteiger partial charge in [0.2, 0.25) is 0 Å². The van der Waals surface area contributed by atoms with Crippen molar-refractivity contribution in [1.29, 1.82) is 0 Å². The van der Waals surface area contributed by atoms with Gasteiger partial charge >= 0.3 is 0 Å². The molecule has 1 aromatic rings. The molecule has 0 bridgehead atoms. The van der Waals surface area contributed by atoms with Crippen LogP contribution < -0.4 is 10.2 Å². The predicted molar refractivity (Wildman–Crippen MR) is 74.5 cm³/mol. The van der Waals surface area contributed by atoms with Gasteiger partial charge in [0, 0.05) is 25.2 Å². The Morgan fingerprint density at radius 1 is 1.33 bits per heavy atom. The average Bonchev–Trinajstić information content (AvgIpc) is 3.20. The van der Waals surface area contributed by atoms with E-state index in [9.17, 15) is 4.39 Å². The average molecular weight is 250 g/mol. The highest BCUT2D eigenvalue weighted by Crippen LogP contribution is 2.23. The van der Waals surface area contributed by atoms with Crippen LogP contribution in [0.4, 0.5) is 10.1 Å². The van der Waals surface area contributed by atoms with Gasteiger partial charge in [-0.1, -0.05) is 19.1 Å². The molecule has 2 nitrogen and oxygen atoms in total. The molecule has 1 fully saturated rings. The molecule has 1 atom stereocenters. The van der Waals surface area contributed by atoms with Gasteiger partial charge in [-0.05, 0) is 38.3 Å². The molecule has 1 aromatic carbocycles. The minimum Gasteiger partial charge on any atom is -0.365 e. The summed E-state index contributed by atoms with van der Waals surface area (Å²) >= 11 is 0. The Labute approximate surface area is 109 Å². The highest BCUT2D eigenvalue weighted by molar-refractivity contribution is 5.48. The summed E-state index contributed by atoms with van der Waals surface area (Å²) in [7, 11) is 0. The summed E-state index contributed by atoms with van der Waals surface area (Å²) in [6.07, 6.45) is 3.62. The highest BCUT2D eigenvalue weighted by Gasteiger charge is 2.24. The molecular formula is C15H23FN2. The van der Waals surface area contributed by atoms with E-state index in [4.69, 9.17) is 0 Å². The van der Waals surface area contributed by atoms with Gasteiger partial charge in [-0.3, -0.25) is 0 Å². The SMILES string of the molecule is CCC(CNC1CC1)N(CC)c1ccccc1F. The number of para-hydroxylation sites is 1. The first-order valence-electron chi connectivity index (χ1n) is 7.00. The predicted octanol–water partition coefficient (Wildman–Crippen LogP) is 3.18. The van der Waals surface area contributed by atoms with Crippen LogP contribution in [-0.2, 0) is 0 Å². The number of anilines is 1. The van der Waals surface area contributed by atoms with Gasteiger partial charge in [-0.2, -0.15) is 0 Å². The van der Waals surface area contributed by atoms with E-state index < -0.39 is 0 Å². The fraction of sp³-hybridized carbons (Fsp3) is 0.600. The molecule has 0 radical (unpaired) electrons. The third-order valence-electron chi connectivity index (χ3n) is 3.63. The van der Waals surface area contributed by atoms with E-state index in [0.29, 0.717) is 12.1 Å². The lowest BCUT2D eigenvalue weighted by Gasteiger charge is -2.32. The van der Waals surface area contributed by atoms with Gasteiger partial charge in [-0.25, -0.2) is 4.39 Å². The Bertz CT molecular complexity index is 377. The number of nitrogens with zero attached hydrogens (tertiary/aromatic N) is 1. The molecule has 3 heteroatoms. The van der Waals surface area contributed by atoms with Crippen molar-refractivity contribution in [3.05, 3.63) is 30.1 Å². The maximum atomic E-state index is 13.9. The van der Waals surface area contributed by atoms with E-state index >= 15 is 0 Å². The Balaban J connectivity index is 2.06.